The third kappa shape index (κ3) is 1.54. The molecule has 1 aromatic heterocycles. The molecule has 0 radical (unpaired) electrons. The van der Waals surface area contributed by atoms with E-state index >= 15 is 0 Å². The molecule has 0 bridgehead atoms. The van der Waals surface area contributed by atoms with E-state index in [9.17, 15) is 8.42 Å². The minimum atomic E-state index is -3.75. The predicted molar refractivity (Wildman–Crippen MR) is 56.3 cm³/mol. The number of primary sulfonamides is 1. The van der Waals surface area contributed by atoms with E-state index in [0.717, 1.165) is 31.5 Å². The monoisotopic (exact) mass is 242 g/mol. The molecule has 3 rings (SSSR count). The molecule has 1 heterocycles. The van der Waals surface area contributed by atoms with Gasteiger partial charge in [0.2, 0.25) is 0 Å². The van der Waals surface area contributed by atoms with Gasteiger partial charge in [0.25, 0.3) is 15.2 Å². The van der Waals surface area contributed by atoms with Crippen molar-refractivity contribution in [3.8, 4) is 0 Å². The van der Waals surface area contributed by atoms with Gasteiger partial charge >= 0.3 is 0 Å². The molecular formula is C9H14N4O2S. The Bertz CT molecular complexity index is 514. The topological polar surface area (TPSA) is 90.9 Å². The molecule has 0 saturated heterocycles. The van der Waals surface area contributed by atoms with Crippen LogP contribution in [0.1, 0.15) is 49.9 Å². The molecule has 0 aromatic carbocycles. The van der Waals surface area contributed by atoms with Crippen LogP contribution in [0.2, 0.25) is 0 Å². The molecule has 2 aliphatic carbocycles. The second kappa shape index (κ2) is 3.27. The lowest BCUT2D eigenvalue weighted by Crippen LogP contribution is -2.21. The molecule has 0 amide bonds. The molecule has 7 heteroatoms. The van der Waals surface area contributed by atoms with E-state index in [2.05, 4.69) is 10.2 Å². The van der Waals surface area contributed by atoms with E-state index in [0.29, 0.717) is 5.92 Å². The Kier molecular flexibility index (Phi) is 2.09. The number of hydrogen-bond donors (Lipinski definition) is 1. The summed E-state index contributed by atoms with van der Waals surface area (Å²) in [5.41, 5.74) is 0. The number of hydrogen-bond acceptors (Lipinski definition) is 4. The van der Waals surface area contributed by atoms with Crippen LogP contribution in [0.5, 0.6) is 0 Å². The molecule has 1 aromatic rings. The van der Waals surface area contributed by atoms with E-state index in [1.165, 1.54) is 6.42 Å². The fourth-order valence-electron chi connectivity index (χ4n) is 2.10. The van der Waals surface area contributed by atoms with Crippen LogP contribution < -0.4 is 5.14 Å². The van der Waals surface area contributed by atoms with E-state index in [-0.39, 0.29) is 11.2 Å². The number of sulfonamides is 1. The van der Waals surface area contributed by atoms with Crippen molar-refractivity contribution in [2.75, 3.05) is 0 Å². The third-order valence-electron chi connectivity index (χ3n) is 3.33. The summed E-state index contributed by atoms with van der Waals surface area (Å²) in [7, 11) is -3.75. The highest BCUT2D eigenvalue weighted by Crippen LogP contribution is 2.42. The zero-order valence-corrected chi connectivity index (χ0v) is 9.65. The molecule has 16 heavy (non-hydrogen) atoms. The summed E-state index contributed by atoms with van der Waals surface area (Å²) in [6, 6.07) is 0.249. The minimum absolute atomic E-state index is 0.0584. The van der Waals surface area contributed by atoms with Crippen molar-refractivity contribution in [3.05, 3.63) is 5.82 Å². The highest BCUT2D eigenvalue weighted by molar-refractivity contribution is 7.89. The average molecular weight is 242 g/mol. The maximum Gasteiger partial charge on any atom is 0.273 e. The number of rotatable bonds is 3. The summed E-state index contributed by atoms with van der Waals surface area (Å²) in [6.45, 7) is 0. The first-order chi connectivity index (χ1) is 7.57. The Hall–Kier alpha value is -0.950. The van der Waals surface area contributed by atoms with E-state index in [1.54, 1.807) is 4.57 Å². The zero-order valence-electron chi connectivity index (χ0n) is 8.83. The van der Waals surface area contributed by atoms with Gasteiger partial charge in [-0.3, -0.25) is 4.57 Å². The number of nitrogens with zero attached hydrogens (tertiary/aromatic N) is 3. The molecule has 0 aliphatic heterocycles. The summed E-state index contributed by atoms with van der Waals surface area (Å²) >= 11 is 0. The van der Waals surface area contributed by atoms with Gasteiger partial charge in [0.15, 0.2) is 0 Å². The normalized spacial score (nSPS) is 22.1. The summed E-state index contributed by atoms with van der Waals surface area (Å²) in [5.74, 6) is 1.20. The van der Waals surface area contributed by atoms with Gasteiger partial charge in [-0.1, -0.05) is 6.42 Å². The van der Waals surface area contributed by atoms with E-state index < -0.39 is 10.0 Å². The summed E-state index contributed by atoms with van der Waals surface area (Å²) in [4.78, 5) is 0. The maximum atomic E-state index is 11.4. The van der Waals surface area contributed by atoms with Crippen LogP contribution in [0.4, 0.5) is 0 Å². The Labute approximate surface area is 93.9 Å². The van der Waals surface area contributed by atoms with Gasteiger partial charge < -0.3 is 0 Å². The van der Waals surface area contributed by atoms with Crippen LogP contribution in [-0.4, -0.2) is 23.2 Å². The molecule has 6 nitrogen and oxygen atoms in total. The van der Waals surface area contributed by atoms with Crippen LogP contribution in [0.3, 0.4) is 0 Å². The van der Waals surface area contributed by atoms with Crippen LogP contribution in [0, 0.1) is 0 Å². The van der Waals surface area contributed by atoms with Gasteiger partial charge in [-0.25, -0.2) is 13.6 Å². The largest absolute Gasteiger partial charge is 0.297 e. The molecule has 0 unspecified atom stereocenters. The minimum Gasteiger partial charge on any atom is -0.297 e. The standard InChI is InChI=1S/C9H14N4O2S/c10-16(14,15)9-12-11-8(6-2-1-3-6)13(9)7-4-5-7/h6-7H,1-5H2,(H2,10,14,15). The Balaban J connectivity index is 2.08. The molecule has 2 saturated carbocycles. The maximum absolute atomic E-state index is 11.4. The molecular weight excluding hydrogens is 228 g/mol. The van der Waals surface area contributed by atoms with Crippen molar-refractivity contribution < 1.29 is 8.42 Å². The van der Waals surface area contributed by atoms with E-state index in [1.807, 2.05) is 0 Å². The second-order valence-electron chi connectivity index (χ2n) is 4.61. The van der Waals surface area contributed by atoms with Gasteiger partial charge in [0, 0.05) is 12.0 Å². The van der Waals surface area contributed by atoms with Crippen molar-refractivity contribution in [1.82, 2.24) is 14.8 Å². The molecule has 0 atom stereocenters. The van der Waals surface area contributed by atoms with Gasteiger partial charge in [-0.15, -0.1) is 10.2 Å². The fraction of sp³-hybridized carbons (Fsp3) is 0.778. The first-order valence-corrected chi connectivity index (χ1v) is 7.09. The summed E-state index contributed by atoms with van der Waals surface area (Å²) < 4.78 is 24.5. The Morgan fingerprint density at radius 3 is 2.31 bits per heavy atom. The fourth-order valence-corrected chi connectivity index (χ4v) is 2.77. The molecule has 2 N–H and O–H groups in total. The van der Waals surface area contributed by atoms with Gasteiger partial charge in [-0.05, 0) is 25.7 Å². The lowest BCUT2D eigenvalue weighted by atomic mass is 9.85. The van der Waals surface area contributed by atoms with Crippen LogP contribution in [-0.2, 0) is 10.0 Å². The first-order valence-electron chi connectivity index (χ1n) is 5.55. The second-order valence-corrected chi connectivity index (χ2v) is 6.07. The van der Waals surface area contributed by atoms with Crippen molar-refractivity contribution >= 4 is 10.0 Å². The van der Waals surface area contributed by atoms with Crippen molar-refractivity contribution in [2.45, 2.75) is 49.2 Å². The summed E-state index contributed by atoms with van der Waals surface area (Å²) in [5, 5.41) is 12.9. The van der Waals surface area contributed by atoms with Crippen LogP contribution in [0.25, 0.3) is 0 Å². The van der Waals surface area contributed by atoms with Crippen molar-refractivity contribution in [3.63, 3.8) is 0 Å². The molecule has 2 aliphatic rings. The molecule has 88 valence electrons. The lowest BCUT2D eigenvalue weighted by molar-refractivity contribution is 0.382. The third-order valence-corrected chi connectivity index (χ3v) is 4.12. The summed E-state index contributed by atoms with van der Waals surface area (Å²) in [6.07, 6.45) is 5.35. The highest BCUT2D eigenvalue weighted by Gasteiger charge is 2.36. The van der Waals surface area contributed by atoms with E-state index in [4.69, 9.17) is 5.14 Å². The van der Waals surface area contributed by atoms with Crippen LogP contribution in [0.15, 0.2) is 5.16 Å². The number of nitrogens with two attached hydrogens (primary N) is 1. The molecule has 2 fully saturated rings. The zero-order chi connectivity index (χ0) is 11.3. The van der Waals surface area contributed by atoms with Gasteiger partial charge in [0.05, 0.1) is 0 Å². The Morgan fingerprint density at radius 1 is 1.19 bits per heavy atom. The first kappa shape index (κ1) is 10.2. The highest BCUT2D eigenvalue weighted by atomic mass is 32.2. The SMILES string of the molecule is NS(=O)(=O)c1nnc(C2CCC2)n1C1CC1. The van der Waals surface area contributed by atoms with Gasteiger partial charge in [-0.2, -0.15) is 0 Å². The Morgan fingerprint density at radius 2 is 1.88 bits per heavy atom. The smallest absolute Gasteiger partial charge is 0.273 e. The van der Waals surface area contributed by atoms with Crippen LogP contribution >= 0.6 is 0 Å². The number of aromatic nitrogens is 3. The van der Waals surface area contributed by atoms with Crippen molar-refractivity contribution in [1.29, 1.82) is 0 Å². The lowest BCUT2D eigenvalue weighted by Gasteiger charge is -2.25. The van der Waals surface area contributed by atoms with Gasteiger partial charge in [0.1, 0.15) is 5.82 Å². The predicted octanol–water partition coefficient (Wildman–Crippen LogP) is 0.528. The average Bonchev–Trinajstić information content (AvgIpc) is 2.83. The quantitative estimate of drug-likeness (QED) is 0.836. The molecule has 0 spiro atoms. The van der Waals surface area contributed by atoms with Crippen molar-refractivity contribution in [2.24, 2.45) is 5.14 Å².